The topological polar surface area (TPSA) is 141 Å². The fraction of sp³-hybridized carbons (Fsp3) is 0.0952. The number of hydrogen-bond acceptors (Lipinski definition) is 6. The predicted molar refractivity (Wildman–Crippen MR) is 114 cm³/mol. The van der Waals surface area contributed by atoms with E-state index in [2.05, 4.69) is 4.99 Å². The highest BCUT2D eigenvalue weighted by atomic mass is 32.2. The van der Waals surface area contributed by atoms with Crippen LogP contribution in [-0.4, -0.2) is 36.8 Å². The van der Waals surface area contributed by atoms with Gasteiger partial charge in [-0.15, -0.1) is 0 Å². The van der Waals surface area contributed by atoms with Gasteiger partial charge >= 0.3 is 0 Å². The highest BCUT2D eigenvalue weighted by Crippen LogP contribution is 2.33. The fourth-order valence-corrected chi connectivity index (χ4v) is 4.54. The molecule has 0 amide bonds. The zero-order valence-electron chi connectivity index (χ0n) is 16.1. The number of aryl methyl sites for hydroxylation is 1. The lowest BCUT2D eigenvalue weighted by Gasteiger charge is -2.18. The molecule has 0 fully saturated rings. The number of fused-ring (bicyclic) bond motifs is 1. The molecule has 1 unspecified atom stereocenters. The Morgan fingerprint density at radius 2 is 1.39 bits per heavy atom. The van der Waals surface area contributed by atoms with E-state index in [4.69, 9.17) is 0 Å². The number of rotatable bonds is 4. The normalized spacial score (nSPS) is 19.0. The smallest absolute Gasteiger partial charge is 0.294 e. The summed E-state index contributed by atoms with van der Waals surface area (Å²) in [6, 6.07) is 13.1. The molecule has 4 rings (SSSR count). The third-order valence-corrected chi connectivity index (χ3v) is 6.77. The molecule has 1 atom stereocenters. The van der Waals surface area contributed by atoms with E-state index in [1.165, 1.54) is 42.5 Å². The molecule has 10 heteroatoms. The van der Waals surface area contributed by atoms with E-state index in [9.17, 15) is 31.0 Å². The maximum Gasteiger partial charge on any atom is 0.294 e. The van der Waals surface area contributed by atoms with E-state index in [0.29, 0.717) is 33.2 Å². The Kier molecular flexibility index (Phi) is 4.87. The van der Waals surface area contributed by atoms with E-state index in [1.807, 2.05) is 0 Å². The van der Waals surface area contributed by atoms with Crippen LogP contribution in [0, 0.1) is 6.92 Å². The van der Waals surface area contributed by atoms with E-state index in [0.717, 1.165) is 0 Å². The summed E-state index contributed by atoms with van der Waals surface area (Å²) in [7, 11) is -8.65. The highest BCUT2D eigenvalue weighted by Gasteiger charge is 2.31. The van der Waals surface area contributed by atoms with Crippen LogP contribution in [0.15, 0.2) is 81.5 Å². The van der Waals surface area contributed by atoms with Crippen LogP contribution in [-0.2, 0) is 26.0 Å². The summed E-state index contributed by atoms with van der Waals surface area (Å²) in [4.78, 5) is 3.93. The van der Waals surface area contributed by atoms with Crippen molar-refractivity contribution in [2.24, 2.45) is 4.99 Å². The predicted octanol–water partition coefficient (Wildman–Crippen LogP) is 2.85. The lowest BCUT2D eigenvalue weighted by molar-refractivity contribution is 0.103. The summed E-state index contributed by atoms with van der Waals surface area (Å²) in [5.74, 6) is 0. The van der Waals surface area contributed by atoms with Gasteiger partial charge in [-0.25, -0.2) is 4.99 Å². The van der Waals surface area contributed by atoms with Crippen molar-refractivity contribution in [2.45, 2.75) is 22.4 Å². The molecule has 0 aromatic heterocycles. The molecule has 1 aliphatic rings. The zero-order valence-corrected chi connectivity index (χ0v) is 17.7. The molecular weight excluding hydrogens is 442 g/mol. The van der Waals surface area contributed by atoms with Crippen LogP contribution in [0.25, 0.3) is 10.8 Å². The minimum atomic E-state index is -4.33. The molecule has 0 saturated carbocycles. The molecule has 0 radical (unpaired) electrons. The summed E-state index contributed by atoms with van der Waals surface area (Å²) < 4.78 is 63.7. The molecule has 160 valence electrons. The van der Waals surface area contributed by atoms with Gasteiger partial charge in [-0.05, 0) is 65.7 Å². The molecule has 0 saturated heterocycles. The average Bonchev–Trinajstić information content (AvgIpc) is 3.09. The summed E-state index contributed by atoms with van der Waals surface area (Å²) in [5.41, 5.74) is 0.360. The van der Waals surface area contributed by atoms with E-state index in [-0.39, 0.29) is 9.79 Å². The van der Waals surface area contributed by atoms with Crippen LogP contribution in [0.2, 0.25) is 0 Å². The second-order valence-electron chi connectivity index (χ2n) is 7.21. The van der Waals surface area contributed by atoms with Crippen LogP contribution in [0.4, 0.5) is 0 Å². The Morgan fingerprint density at radius 3 is 2.03 bits per heavy atom. The molecule has 3 aromatic carbocycles. The minimum Gasteiger partial charge on any atom is -0.362 e. The number of nitrogens with zero attached hydrogens (tertiary/aromatic N) is 1. The molecule has 31 heavy (non-hydrogen) atoms. The molecule has 0 bridgehead atoms. The number of benzene rings is 3. The third-order valence-electron chi connectivity index (χ3n) is 5.07. The first kappa shape index (κ1) is 21.3. The van der Waals surface area contributed by atoms with Crippen molar-refractivity contribution < 1.29 is 31.0 Å². The maximum absolute atomic E-state index is 11.3. The summed E-state index contributed by atoms with van der Waals surface area (Å²) in [6.45, 7) is 1.67. The SMILES string of the molecule is Cc1cc(S(=O)(=O)O)ccc1C1=NC(O)(c2ccc3cc(S(=O)(=O)O)ccc3c2)C=C1. The number of aliphatic hydroxyl groups is 1. The van der Waals surface area contributed by atoms with Crippen LogP contribution < -0.4 is 0 Å². The van der Waals surface area contributed by atoms with Gasteiger partial charge in [-0.3, -0.25) is 9.11 Å². The van der Waals surface area contributed by atoms with Crippen molar-refractivity contribution >= 4 is 36.7 Å². The van der Waals surface area contributed by atoms with Crippen molar-refractivity contribution in [1.29, 1.82) is 0 Å². The van der Waals surface area contributed by atoms with Gasteiger partial charge in [0.25, 0.3) is 20.2 Å². The molecule has 3 N–H and O–H groups in total. The van der Waals surface area contributed by atoms with Crippen molar-refractivity contribution in [3.63, 3.8) is 0 Å². The summed E-state index contributed by atoms with van der Waals surface area (Å²) >= 11 is 0. The number of allylic oxidation sites excluding steroid dienone is 1. The van der Waals surface area contributed by atoms with E-state index in [1.54, 1.807) is 31.2 Å². The van der Waals surface area contributed by atoms with Crippen LogP contribution >= 0.6 is 0 Å². The first-order valence-corrected chi connectivity index (χ1v) is 11.9. The lowest BCUT2D eigenvalue weighted by Crippen LogP contribution is -2.18. The third kappa shape index (κ3) is 4.03. The Balaban J connectivity index is 1.73. The average molecular weight is 460 g/mol. The van der Waals surface area contributed by atoms with Gasteiger partial charge in [0.2, 0.25) is 5.72 Å². The van der Waals surface area contributed by atoms with E-state index >= 15 is 0 Å². The summed E-state index contributed by atoms with van der Waals surface area (Å²) in [6.07, 6.45) is 3.10. The van der Waals surface area contributed by atoms with Gasteiger partial charge in [0.05, 0.1) is 15.5 Å². The van der Waals surface area contributed by atoms with Gasteiger partial charge in [0, 0.05) is 11.1 Å². The summed E-state index contributed by atoms with van der Waals surface area (Å²) in [5, 5.41) is 12.3. The van der Waals surface area contributed by atoms with E-state index < -0.39 is 26.0 Å². The molecule has 1 heterocycles. The van der Waals surface area contributed by atoms with Crippen LogP contribution in [0.5, 0.6) is 0 Å². The van der Waals surface area contributed by atoms with Gasteiger partial charge < -0.3 is 5.11 Å². The van der Waals surface area contributed by atoms with Crippen molar-refractivity contribution in [1.82, 2.24) is 0 Å². The van der Waals surface area contributed by atoms with Crippen molar-refractivity contribution in [3.8, 4) is 0 Å². The van der Waals surface area contributed by atoms with Gasteiger partial charge in [-0.1, -0.05) is 24.3 Å². The second-order valence-corrected chi connectivity index (χ2v) is 10.1. The lowest BCUT2D eigenvalue weighted by atomic mass is 10.00. The van der Waals surface area contributed by atoms with Gasteiger partial charge in [-0.2, -0.15) is 16.8 Å². The molecular formula is C21H17NO7S2. The molecule has 8 nitrogen and oxygen atoms in total. The second kappa shape index (κ2) is 7.08. The van der Waals surface area contributed by atoms with Crippen LogP contribution in [0.1, 0.15) is 16.7 Å². The Morgan fingerprint density at radius 1 is 0.806 bits per heavy atom. The first-order valence-electron chi connectivity index (χ1n) is 8.99. The van der Waals surface area contributed by atoms with Crippen molar-refractivity contribution in [2.75, 3.05) is 0 Å². The molecule has 0 spiro atoms. The largest absolute Gasteiger partial charge is 0.362 e. The molecule has 3 aromatic rings. The first-order chi connectivity index (χ1) is 14.4. The Labute approximate surface area is 178 Å². The van der Waals surface area contributed by atoms with Crippen LogP contribution in [0.3, 0.4) is 0 Å². The molecule has 0 aliphatic carbocycles. The quantitative estimate of drug-likeness (QED) is 0.509. The molecule has 1 aliphatic heterocycles. The van der Waals surface area contributed by atoms with Crippen molar-refractivity contribution in [3.05, 3.63) is 83.4 Å². The van der Waals surface area contributed by atoms with Gasteiger partial charge in [0.15, 0.2) is 0 Å². The standard InChI is InChI=1S/C21H17NO7S2/c1-13-10-17(30(24,25)26)6-7-19(13)20-8-9-21(23,22-20)16-4-2-15-12-18(31(27,28)29)5-3-14(15)11-16/h2-12,23H,1H3,(H,24,25,26)(H,27,28,29). The monoisotopic (exact) mass is 459 g/mol. The van der Waals surface area contributed by atoms with Gasteiger partial charge in [0.1, 0.15) is 0 Å². The number of aliphatic imine (C=N–C) groups is 1. The highest BCUT2D eigenvalue weighted by molar-refractivity contribution is 7.86. The maximum atomic E-state index is 11.3. The zero-order chi connectivity index (χ0) is 22.6. The fourth-order valence-electron chi connectivity index (χ4n) is 3.46. The Bertz CT molecular complexity index is 1510. The minimum absolute atomic E-state index is 0.226. The number of hydrogen-bond donors (Lipinski definition) is 3. The Hall–Kier alpha value is -2.89.